The molecule has 1 aromatic carbocycles. The van der Waals surface area contributed by atoms with Crippen LogP contribution in [0.4, 0.5) is 14.5 Å². The fraction of sp³-hybridized carbons (Fsp3) is 0.250. The summed E-state index contributed by atoms with van der Waals surface area (Å²) in [6.45, 7) is -0.297. The highest BCUT2D eigenvalue weighted by atomic mass is 19.1. The molecule has 1 atom stereocenters. The van der Waals surface area contributed by atoms with Gasteiger partial charge in [0.25, 0.3) is 0 Å². The van der Waals surface area contributed by atoms with Gasteiger partial charge in [-0.25, -0.2) is 4.39 Å². The molecule has 7 heteroatoms. The summed E-state index contributed by atoms with van der Waals surface area (Å²) in [7, 11) is 0. The summed E-state index contributed by atoms with van der Waals surface area (Å²) in [6, 6.07) is 0.995. The minimum absolute atomic E-state index is 0.297. The van der Waals surface area contributed by atoms with Crippen molar-refractivity contribution in [3.05, 3.63) is 39.4 Å². The van der Waals surface area contributed by atoms with Crippen LogP contribution in [0.25, 0.3) is 0 Å². The SMILES string of the molecule is NC[C@@H](O)c1cc(F)c([N+](=O)[O-])cc1F. The molecule has 0 aromatic heterocycles. The van der Waals surface area contributed by atoms with Crippen LogP contribution >= 0.6 is 0 Å². The summed E-state index contributed by atoms with van der Waals surface area (Å²) in [4.78, 5) is 9.19. The van der Waals surface area contributed by atoms with Crippen molar-refractivity contribution in [2.75, 3.05) is 6.54 Å². The lowest BCUT2D eigenvalue weighted by atomic mass is 10.1. The first-order valence-corrected chi connectivity index (χ1v) is 3.98. The van der Waals surface area contributed by atoms with E-state index >= 15 is 0 Å². The molecule has 15 heavy (non-hydrogen) atoms. The summed E-state index contributed by atoms with van der Waals surface area (Å²) in [5.41, 5.74) is 3.69. The molecule has 0 spiro atoms. The molecule has 0 aliphatic rings. The maximum atomic E-state index is 13.1. The van der Waals surface area contributed by atoms with Crippen molar-refractivity contribution in [2.24, 2.45) is 5.73 Å². The van der Waals surface area contributed by atoms with Crippen LogP contribution in [0.5, 0.6) is 0 Å². The Bertz CT molecular complexity index is 398. The predicted octanol–water partition coefficient (Wildman–Crippen LogP) is 0.865. The second-order valence-corrected chi connectivity index (χ2v) is 2.83. The van der Waals surface area contributed by atoms with Gasteiger partial charge in [0, 0.05) is 12.1 Å². The molecule has 0 bridgehead atoms. The third-order valence-corrected chi connectivity index (χ3v) is 1.85. The maximum absolute atomic E-state index is 13.1. The second-order valence-electron chi connectivity index (χ2n) is 2.83. The number of aliphatic hydroxyl groups excluding tert-OH is 1. The van der Waals surface area contributed by atoms with E-state index in [0.29, 0.717) is 12.1 Å². The van der Waals surface area contributed by atoms with Crippen molar-refractivity contribution in [3.8, 4) is 0 Å². The van der Waals surface area contributed by atoms with Crippen LogP contribution in [0.3, 0.4) is 0 Å². The van der Waals surface area contributed by atoms with E-state index in [1.54, 1.807) is 0 Å². The third kappa shape index (κ3) is 2.25. The molecule has 0 aliphatic heterocycles. The van der Waals surface area contributed by atoms with Crippen molar-refractivity contribution >= 4 is 5.69 Å². The highest BCUT2D eigenvalue weighted by Crippen LogP contribution is 2.24. The third-order valence-electron chi connectivity index (χ3n) is 1.85. The Balaban J connectivity index is 3.25. The van der Waals surface area contributed by atoms with Gasteiger partial charge in [-0.1, -0.05) is 0 Å². The molecule has 1 aromatic rings. The average molecular weight is 218 g/mol. The Morgan fingerprint density at radius 1 is 1.47 bits per heavy atom. The second kappa shape index (κ2) is 4.28. The Hall–Kier alpha value is -1.60. The maximum Gasteiger partial charge on any atom is 0.307 e. The van der Waals surface area contributed by atoms with Crippen molar-refractivity contribution in [1.29, 1.82) is 0 Å². The lowest BCUT2D eigenvalue weighted by Gasteiger charge is -2.08. The van der Waals surface area contributed by atoms with E-state index in [2.05, 4.69) is 0 Å². The fourth-order valence-corrected chi connectivity index (χ4v) is 1.07. The lowest BCUT2D eigenvalue weighted by molar-refractivity contribution is -0.387. The van der Waals surface area contributed by atoms with Gasteiger partial charge in [-0.15, -0.1) is 0 Å². The number of halogens is 2. The van der Waals surface area contributed by atoms with Crippen molar-refractivity contribution in [2.45, 2.75) is 6.10 Å². The molecule has 0 saturated carbocycles. The van der Waals surface area contributed by atoms with Gasteiger partial charge in [0.05, 0.1) is 17.1 Å². The van der Waals surface area contributed by atoms with Gasteiger partial charge in [0.2, 0.25) is 5.82 Å². The Labute approximate surface area is 83.3 Å². The Morgan fingerprint density at radius 3 is 2.53 bits per heavy atom. The normalized spacial score (nSPS) is 12.5. The molecule has 82 valence electrons. The van der Waals surface area contributed by atoms with E-state index in [0.717, 1.165) is 0 Å². The highest BCUT2D eigenvalue weighted by Gasteiger charge is 2.21. The van der Waals surface area contributed by atoms with Gasteiger partial charge >= 0.3 is 5.69 Å². The number of nitro groups is 1. The number of nitro benzene ring substituents is 1. The monoisotopic (exact) mass is 218 g/mol. The topological polar surface area (TPSA) is 89.4 Å². The standard InChI is InChI=1S/C8H8F2N2O3/c9-5-2-7(12(14)15)6(10)1-4(5)8(13)3-11/h1-2,8,13H,3,11H2/t8-/m1/s1. The van der Waals surface area contributed by atoms with Crippen LogP contribution in [0.15, 0.2) is 12.1 Å². The van der Waals surface area contributed by atoms with E-state index in [-0.39, 0.29) is 12.1 Å². The Morgan fingerprint density at radius 2 is 2.07 bits per heavy atom. The number of rotatable bonds is 3. The Kier molecular flexibility index (Phi) is 3.28. The van der Waals surface area contributed by atoms with Crippen LogP contribution in [0.1, 0.15) is 11.7 Å². The highest BCUT2D eigenvalue weighted by molar-refractivity contribution is 5.37. The number of aliphatic hydroxyl groups is 1. The van der Waals surface area contributed by atoms with Gasteiger partial charge in [-0.3, -0.25) is 10.1 Å². The molecule has 0 saturated heterocycles. The van der Waals surface area contributed by atoms with E-state index in [9.17, 15) is 18.9 Å². The zero-order valence-electron chi connectivity index (χ0n) is 7.48. The van der Waals surface area contributed by atoms with Crippen molar-refractivity contribution in [3.63, 3.8) is 0 Å². The van der Waals surface area contributed by atoms with Gasteiger partial charge in [0.15, 0.2) is 0 Å². The zero-order chi connectivity index (χ0) is 11.6. The minimum atomic E-state index is -1.37. The molecule has 0 amide bonds. The molecule has 0 heterocycles. The van der Waals surface area contributed by atoms with Crippen LogP contribution in [0, 0.1) is 21.7 Å². The summed E-state index contributed by atoms with van der Waals surface area (Å²) in [5, 5.41) is 19.4. The number of nitrogens with two attached hydrogens (primary N) is 1. The minimum Gasteiger partial charge on any atom is -0.387 e. The van der Waals surface area contributed by atoms with Gasteiger partial charge in [0.1, 0.15) is 5.82 Å². The van der Waals surface area contributed by atoms with Gasteiger partial charge < -0.3 is 10.8 Å². The smallest absolute Gasteiger partial charge is 0.307 e. The van der Waals surface area contributed by atoms with Gasteiger partial charge in [-0.05, 0) is 6.07 Å². The molecule has 0 aliphatic carbocycles. The quantitative estimate of drug-likeness (QED) is 0.581. The molecule has 0 unspecified atom stereocenters. The van der Waals surface area contributed by atoms with Crippen LogP contribution in [-0.4, -0.2) is 16.6 Å². The molecular formula is C8H8F2N2O3. The lowest BCUT2D eigenvalue weighted by Crippen LogP contribution is -2.13. The first kappa shape index (κ1) is 11.5. The van der Waals surface area contributed by atoms with E-state index in [4.69, 9.17) is 10.8 Å². The first-order chi connectivity index (χ1) is 6.97. The molecule has 3 N–H and O–H groups in total. The molecule has 1 rings (SSSR count). The summed E-state index contributed by atoms with van der Waals surface area (Å²) >= 11 is 0. The number of hydrogen-bond donors (Lipinski definition) is 2. The zero-order valence-corrected chi connectivity index (χ0v) is 7.48. The van der Waals surface area contributed by atoms with Crippen molar-refractivity contribution < 1.29 is 18.8 Å². The molecule has 0 radical (unpaired) electrons. The largest absolute Gasteiger partial charge is 0.387 e. The predicted molar refractivity (Wildman–Crippen MR) is 47.0 cm³/mol. The molecular weight excluding hydrogens is 210 g/mol. The first-order valence-electron chi connectivity index (χ1n) is 3.98. The summed E-state index contributed by atoms with van der Waals surface area (Å²) in [5.74, 6) is -2.26. The van der Waals surface area contributed by atoms with E-state index < -0.39 is 28.3 Å². The van der Waals surface area contributed by atoms with Crippen LogP contribution in [-0.2, 0) is 0 Å². The summed E-state index contributed by atoms with van der Waals surface area (Å²) < 4.78 is 26.2. The van der Waals surface area contributed by atoms with Gasteiger partial charge in [-0.2, -0.15) is 4.39 Å². The summed E-state index contributed by atoms with van der Waals surface area (Å²) in [6.07, 6.45) is -1.37. The van der Waals surface area contributed by atoms with Crippen LogP contribution < -0.4 is 5.73 Å². The van der Waals surface area contributed by atoms with Crippen LogP contribution in [0.2, 0.25) is 0 Å². The number of benzene rings is 1. The van der Waals surface area contributed by atoms with E-state index in [1.165, 1.54) is 0 Å². The average Bonchev–Trinajstić information content (AvgIpc) is 2.19. The van der Waals surface area contributed by atoms with E-state index in [1.807, 2.05) is 0 Å². The van der Waals surface area contributed by atoms with Crippen molar-refractivity contribution in [1.82, 2.24) is 0 Å². The number of hydrogen-bond acceptors (Lipinski definition) is 4. The fourth-order valence-electron chi connectivity index (χ4n) is 1.07. The number of nitrogens with zero attached hydrogens (tertiary/aromatic N) is 1. The molecule has 5 nitrogen and oxygen atoms in total. The molecule has 0 fully saturated rings.